The lowest BCUT2D eigenvalue weighted by Gasteiger charge is -2.30. The van der Waals surface area contributed by atoms with E-state index < -0.39 is 29.2 Å². The SMILES string of the molecule is CCCCN(C(=O)[C@H]1Cc2ccccc2C(=O)O1)c1c(N)n(CCCC)c(=O)[nH]c1=O. The fourth-order valence-electron chi connectivity index (χ4n) is 3.67. The minimum atomic E-state index is -1.07. The van der Waals surface area contributed by atoms with Crippen molar-refractivity contribution in [1.29, 1.82) is 0 Å². The van der Waals surface area contributed by atoms with Gasteiger partial charge in [-0.1, -0.05) is 44.9 Å². The second-order valence-corrected chi connectivity index (χ2v) is 7.60. The fourth-order valence-corrected chi connectivity index (χ4v) is 3.67. The molecular weight excluding hydrogens is 400 g/mol. The van der Waals surface area contributed by atoms with Crippen molar-refractivity contribution in [3.05, 3.63) is 56.2 Å². The number of anilines is 2. The summed E-state index contributed by atoms with van der Waals surface area (Å²) >= 11 is 0. The Hall–Kier alpha value is -3.36. The second-order valence-electron chi connectivity index (χ2n) is 7.60. The third-order valence-corrected chi connectivity index (χ3v) is 5.39. The number of hydrogen-bond donors (Lipinski definition) is 2. The molecule has 1 aliphatic heterocycles. The van der Waals surface area contributed by atoms with E-state index in [1.165, 1.54) is 9.47 Å². The van der Waals surface area contributed by atoms with Gasteiger partial charge in [0.2, 0.25) is 0 Å². The molecule has 0 spiro atoms. The number of amides is 1. The minimum absolute atomic E-state index is 0.0609. The van der Waals surface area contributed by atoms with E-state index in [9.17, 15) is 19.2 Å². The molecule has 9 heteroatoms. The predicted octanol–water partition coefficient (Wildman–Crippen LogP) is 1.83. The lowest BCUT2D eigenvalue weighted by atomic mass is 9.98. The number of nitrogens with two attached hydrogens (primary N) is 1. The van der Waals surface area contributed by atoms with Gasteiger partial charge in [-0.15, -0.1) is 0 Å². The normalized spacial score (nSPS) is 15.3. The van der Waals surface area contributed by atoms with Crippen LogP contribution in [0, 0.1) is 0 Å². The Morgan fingerprint density at radius 3 is 2.61 bits per heavy atom. The number of ether oxygens (including phenoxy) is 1. The Balaban J connectivity index is 2.01. The van der Waals surface area contributed by atoms with Gasteiger partial charge < -0.3 is 15.4 Å². The summed E-state index contributed by atoms with van der Waals surface area (Å²) in [5.74, 6) is -1.17. The quantitative estimate of drug-likeness (QED) is 0.618. The average Bonchev–Trinajstić information content (AvgIpc) is 2.75. The molecule has 31 heavy (non-hydrogen) atoms. The molecule has 3 rings (SSSR count). The summed E-state index contributed by atoms with van der Waals surface area (Å²) in [7, 11) is 0. The van der Waals surface area contributed by atoms with Gasteiger partial charge in [0.25, 0.3) is 11.5 Å². The van der Waals surface area contributed by atoms with Crippen molar-refractivity contribution in [2.45, 2.75) is 58.6 Å². The summed E-state index contributed by atoms with van der Waals surface area (Å²) in [6, 6.07) is 6.95. The summed E-state index contributed by atoms with van der Waals surface area (Å²) in [6.45, 7) is 4.46. The van der Waals surface area contributed by atoms with Crippen molar-refractivity contribution in [3.8, 4) is 0 Å². The molecule has 9 nitrogen and oxygen atoms in total. The van der Waals surface area contributed by atoms with Crippen LogP contribution in [0.25, 0.3) is 0 Å². The van der Waals surface area contributed by atoms with Crippen molar-refractivity contribution in [2.75, 3.05) is 17.2 Å². The van der Waals surface area contributed by atoms with Crippen LogP contribution in [-0.2, 0) is 22.5 Å². The van der Waals surface area contributed by atoms with Crippen molar-refractivity contribution in [2.24, 2.45) is 0 Å². The molecule has 0 fully saturated rings. The number of nitrogens with one attached hydrogen (secondary N) is 1. The molecule has 1 aromatic heterocycles. The van der Waals surface area contributed by atoms with Crippen LogP contribution in [-0.4, -0.2) is 34.1 Å². The third kappa shape index (κ3) is 4.55. The first-order valence-corrected chi connectivity index (χ1v) is 10.6. The van der Waals surface area contributed by atoms with Crippen LogP contribution in [0.5, 0.6) is 0 Å². The fraction of sp³-hybridized carbons (Fsp3) is 0.455. The first kappa shape index (κ1) is 22.3. The van der Waals surface area contributed by atoms with Gasteiger partial charge in [0, 0.05) is 19.5 Å². The summed E-state index contributed by atoms with van der Waals surface area (Å²) in [5, 5.41) is 0. The first-order chi connectivity index (χ1) is 14.9. The molecule has 2 heterocycles. The molecule has 3 N–H and O–H groups in total. The molecule has 1 amide bonds. The van der Waals surface area contributed by atoms with Crippen LogP contribution >= 0.6 is 0 Å². The number of hydrogen-bond acceptors (Lipinski definition) is 6. The van der Waals surface area contributed by atoms with Crippen LogP contribution in [0.2, 0.25) is 0 Å². The van der Waals surface area contributed by atoms with Gasteiger partial charge in [-0.3, -0.25) is 19.1 Å². The number of benzene rings is 1. The third-order valence-electron chi connectivity index (χ3n) is 5.39. The molecule has 0 bridgehead atoms. The van der Waals surface area contributed by atoms with Crippen LogP contribution in [0.15, 0.2) is 33.9 Å². The number of carbonyl (C=O) groups excluding carboxylic acids is 2. The number of unbranched alkanes of at least 4 members (excludes halogenated alkanes) is 2. The number of carbonyl (C=O) groups is 2. The van der Waals surface area contributed by atoms with Crippen molar-refractivity contribution in [1.82, 2.24) is 9.55 Å². The zero-order chi connectivity index (χ0) is 22.5. The zero-order valence-electron chi connectivity index (χ0n) is 17.8. The molecule has 166 valence electrons. The number of fused-ring (bicyclic) bond motifs is 1. The number of esters is 1. The molecule has 0 aliphatic carbocycles. The topological polar surface area (TPSA) is 127 Å². The number of cyclic esters (lactones) is 1. The lowest BCUT2D eigenvalue weighted by Crippen LogP contribution is -2.48. The van der Waals surface area contributed by atoms with Crippen LogP contribution in [0.1, 0.15) is 55.5 Å². The molecule has 0 unspecified atom stereocenters. The predicted molar refractivity (Wildman–Crippen MR) is 117 cm³/mol. The van der Waals surface area contributed by atoms with Gasteiger partial charge in [0.05, 0.1) is 5.56 Å². The van der Waals surface area contributed by atoms with Gasteiger partial charge >= 0.3 is 11.7 Å². The smallest absolute Gasteiger partial charge is 0.339 e. The molecule has 2 aromatic rings. The van der Waals surface area contributed by atoms with Gasteiger partial charge in [-0.25, -0.2) is 9.59 Å². The summed E-state index contributed by atoms with van der Waals surface area (Å²) in [4.78, 5) is 54.3. The number of rotatable bonds is 8. The molecule has 1 atom stereocenters. The zero-order valence-corrected chi connectivity index (χ0v) is 17.8. The highest BCUT2D eigenvalue weighted by molar-refractivity contribution is 6.02. The minimum Gasteiger partial charge on any atom is -0.448 e. The highest BCUT2D eigenvalue weighted by Gasteiger charge is 2.36. The molecular formula is C22H28N4O5. The summed E-state index contributed by atoms with van der Waals surface area (Å²) in [5.41, 5.74) is 5.93. The Labute approximate surface area is 179 Å². The lowest BCUT2D eigenvalue weighted by molar-refractivity contribution is -0.127. The standard InChI is InChI=1S/C22H28N4O5/c1-3-5-11-25(17-18(23)26(12-6-4-2)22(30)24-19(17)27)20(28)16-13-14-9-7-8-10-15(14)21(29)31-16/h7-10,16H,3-6,11-13,23H2,1-2H3,(H,24,27,30)/t16-/m1/s1. The molecule has 0 radical (unpaired) electrons. The Morgan fingerprint density at radius 2 is 1.90 bits per heavy atom. The van der Waals surface area contributed by atoms with E-state index in [2.05, 4.69) is 4.98 Å². The summed E-state index contributed by atoms with van der Waals surface area (Å²) < 4.78 is 6.68. The molecule has 0 saturated carbocycles. The van der Waals surface area contributed by atoms with Crippen molar-refractivity contribution < 1.29 is 14.3 Å². The summed E-state index contributed by atoms with van der Waals surface area (Å²) in [6.07, 6.45) is 2.03. The Morgan fingerprint density at radius 1 is 1.19 bits per heavy atom. The number of nitrogens with zero attached hydrogens (tertiary/aromatic N) is 2. The first-order valence-electron chi connectivity index (χ1n) is 10.6. The number of aromatic amines is 1. The highest BCUT2D eigenvalue weighted by atomic mass is 16.5. The molecule has 0 saturated heterocycles. The van der Waals surface area contributed by atoms with E-state index in [-0.39, 0.29) is 24.5 Å². The van der Waals surface area contributed by atoms with E-state index in [1.807, 2.05) is 13.8 Å². The van der Waals surface area contributed by atoms with Gasteiger partial charge in [0.15, 0.2) is 11.8 Å². The Kier molecular flexibility index (Phi) is 6.94. The van der Waals surface area contributed by atoms with Crippen LogP contribution in [0.4, 0.5) is 11.5 Å². The maximum absolute atomic E-state index is 13.4. The van der Waals surface area contributed by atoms with Crippen molar-refractivity contribution in [3.63, 3.8) is 0 Å². The average molecular weight is 428 g/mol. The van der Waals surface area contributed by atoms with Gasteiger partial charge in [-0.05, 0) is 24.5 Å². The van der Waals surface area contributed by atoms with E-state index in [0.29, 0.717) is 30.5 Å². The van der Waals surface area contributed by atoms with Gasteiger partial charge in [-0.2, -0.15) is 0 Å². The van der Waals surface area contributed by atoms with E-state index in [0.717, 1.165) is 12.8 Å². The molecule has 1 aromatic carbocycles. The van der Waals surface area contributed by atoms with E-state index >= 15 is 0 Å². The number of nitrogen functional groups attached to an aromatic ring is 1. The number of H-pyrrole nitrogens is 1. The monoisotopic (exact) mass is 428 g/mol. The number of aromatic nitrogens is 2. The largest absolute Gasteiger partial charge is 0.448 e. The molecule has 1 aliphatic rings. The maximum Gasteiger partial charge on any atom is 0.339 e. The Bertz CT molecular complexity index is 1090. The van der Waals surface area contributed by atoms with Crippen LogP contribution in [0.3, 0.4) is 0 Å². The highest BCUT2D eigenvalue weighted by Crippen LogP contribution is 2.25. The van der Waals surface area contributed by atoms with Crippen LogP contribution < -0.4 is 21.9 Å². The van der Waals surface area contributed by atoms with Gasteiger partial charge in [0.1, 0.15) is 5.82 Å². The second kappa shape index (κ2) is 9.63. The van der Waals surface area contributed by atoms with E-state index in [1.54, 1.807) is 24.3 Å². The van der Waals surface area contributed by atoms with E-state index in [4.69, 9.17) is 10.5 Å². The maximum atomic E-state index is 13.4. The van der Waals surface area contributed by atoms with Crippen molar-refractivity contribution >= 4 is 23.4 Å².